The van der Waals surface area contributed by atoms with Crippen LogP contribution in [0, 0.1) is 11.8 Å². The van der Waals surface area contributed by atoms with Gasteiger partial charge >= 0.3 is 5.97 Å². The molecule has 88 valence electrons. The van der Waals surface area contributed by atoms with E-state index in [2.05, 4.69) is 5.32 Å². The van der Waals surface area contributed by atoms with E-state index in [4.69, 9.17) is 4.74 Å². The third kappa shape index (κ3) is 3.41. The second kappa shape index (κ2) is 4.43. The zero-order valence-electron chi connectivity index (χ0n) is 9.22. The van der Waals surface area contributed by atoms with E-state index in [0.717, 1.165) is 0 Å². The number of halogens is 2. The van der Waals surface area contributed by atoms with Gasteiger partial charge in [0.1, 0.15) is 5.60 Å². The molecular weight excluding hydrogens is 204 g/mol. The maximum atomic E-state index is 12.5. The van der Waals surface area contributed by atoms with Crippen LogP contribution in [0.1, 0.15) is 20.8 Å². The number of alkyl halides is 2. The molecule has 1 aliphatic rings. The van der Waals surface area contributed by atoms with E-state index >= 15 is 0 Å². The van der Waals surface area contributed by atoms with Crippen LogP contribution in [0.5, 0.6) is 0 Å². The number of hydrogen-bond donors (Lipinski definition) is 1. The van der Waals surface area contributed by atoms with Gasteiger partial charge in [-0.1, -0.05) is 0 Å². The Bertz CT molecular complexity index is 238. The van der Waals surface area contributed by atoms with Crippen molar-refractivity contribution >= 4 is 5.97 Å². The van der Waals surface area contributed by atoms with Crippen molar-refractivity contribution in [1.29, 1.82) is 0 Å². The topological polar surface area (TPSA) is 38.3 Å². The highest BCUT2D eigenvalue weighted by molar-refractivity contribution is 5.74. The van der Waals surface area contributed by atoms with Crippen LogP contribution in [0.15, 0.2) is 0 Å². The van der Waals surface area contributed by atoms with Crippen molar-refractivity contribution in [3.8, 4) is 0 Å². The number of carbonyl (C=O) groups excluding carboxylic acids is 1. The van der Waals surface area contributed by atoms with Gasteiger partial charge < -0.3 is 10.1 Å². The van der Waals surface area contributed by atoms with Crippen molar-refractivity contribution in [3.63, 3.8) is 0 Å². The van der Waals surface area contributed by atoms with Crippen molar-refractivity contribution in [2.24, 2.45) is 11.8 Å². The van der Waals surface area contributed by atoms with Gasteiger partial charge in [0.25, 0.3) is 0 Å². The molecule has 3 nitrogen and oxygen atoms in total. The van der Waals surface area contributed by atoms with Crippen LogP contribution in [-0.2, 0) is 9.53 Å². The van der Waals surface area contributed by atoms with Crippen LogP contribution in [0.25, 0.3) is 0 Å². The molecule has 0 bridgehead atoms. The van der Waals surface area contributed by atoms with Gasteiger partial charge in [-0.3, -0.25) is 4.79 Å². The van der Waals surface area contributed by atoms with Crippen LogP contribution in [0.4, 0.5) is 8.78 Å². The molecule has 0 spiro atoms. The Balaban J connectivity index is 2.59. The van der Waals surface area contributed by atoms with Crippen LogP contribution in [0.2, 0.25) is 0 Å². The fourth-order valence-corrected chi connectivity index (χ4v) is 1.60. The van der Waals surface area contributed by atoms with E-state index in [1.807, 2.05) is 0 Å². The first-order chi connectivity index (χ1) is 6.81. The molecule has 0 saturated carbocycles. The molecule has 2 atom stereocenters. The number of rotatable bonds is 2. The summed E-state index contributed by atoms with van der Waals surface area (Å²) in [5.41, 5.74) is -0.619. The SMILES string of the molecule is CC(C)(C)OC(=O)[C@H]1CNC[C@H]1C(F)F. The summed E-state index contributed by atoms with van der Waals surface area (Å²) >= 11 is 0. The third-order valence-corrected chi connectivity index (χ3v) is 2.29. The largest absolute Gasteiger partial charge is 0.460 e. The van der Waals surface area contributed by atoms with Crippen molar-refractivity contribution in [2.45, 2.75) is 32.8 Å². The summed E-state index contributed by atoms with van der Waals surface area (Å²) in [6, 6.07) is 0. The Hall–Kier alpha value is -0.710. The van der Waals surface area contributed by atoms with Gasteiger partial charge in [0.15, 0.2) is 0 Å². The minimum Gasteiger partial charge on any atom is -0.460 e. The van der Waals surface area contributed by atoms with E-state index in [9.17, 15) is 13.6 Å². The maximum absolute atomic E-state index is 12.5. The van der Waals surface area contributed by atoms with Gasteiger partial charge in [0.2, 0.25) is 6.43 Å². The van der Waals surface area contributed by atoms with Crippen molar-refractivity contribution in [2.75, 3.05) is 13.1 Å². The molecule has 1 fully saturated rings. The van der Waals surface area contributed by atoms with Gasteiger partial charge in [-0.05, 0) is 20.8 Å². The molecule has 0 aromatic heterocycles. The smallest absolute Gasteiger partial charge is 0.311 e. The molecule has 0 aromatic rings. The van der Waals surface area contributed by atoms with E-state index in [1.54, 1.807) is 20.8 Å². The first-order valence-electron chi connectivity index (χ1n) is 5.03. The van der Waals surface area contributed by atoms with E-state index in [1.165, 1.54) is 0 Å². The highest BCUT2D eigenvalue weighted by Gasteiger charge is 2.40. The van der Waals surface area contributed by atoms with Gasteiger partial charge in [0, 0.05) is 19.0 Å². The molecule has 0 aromatic carbocycles. The average Bonchev–Trinajstić information content (AvgIpc) is 2.47. The van der Waals surface area contributed by atoms with Gasteiger partial charge in [-0.15, -0.1) is 0 Å². The van der Waals surface area contributed by atoms with Crippen LogP contribution < -0.4 is 5.32 Å². The molecule has 0 unspecified atom stereocenters. The zero-order chi connectivity index (χ0) is 11.6. The fraction of sp³-hybridized carbons (Fsp3) is 0.900. The highest BCUT2D eigenvalue weighted by Crippen LogP contribution is 2.26. The Morgan fingerprint density at radius 2 is 2.00 bits per heavy atom. The van der Waals surface area contributed by atoms with Crippen molar-refractivity contribution in [1.82, 2.24) is 5.32 Å². The minimum absolute atomic E-state index is 0.182. The second-order valence-electron chi connectivity index (χ2n) is 4.80. The molecule has 1 aliphatic heterocycles. The van der Waals surface area contributed by atoms with Crippen molar-refractivity contribution in [3.05, 3.63) is 0 Å². The summed E-state index contributed by atoms with van der Waals surface area (Å²) in [6.07, 6.45) is -2.47. The molecule has 0 radical (unpaired) electrons. The van der Waals surface area contributed by atoms with Gasteiger partial charge in [0.05, 0.1) is 5.92 Å². The molecule has 15 heavy (non-hydrogen) atoms. The molecule has 1 saturated heterocycles. The lowest BCUT2D eigenvalue weighted by atomic mass is 9.96. The molecule has 1 rings (SSSR count). The van der Waals surface area contributed by atoms with Gasteiger partial charge in [-0.25, -0.2) is 8.78 Å². The Morgan fingerprint density at radius 3 is 2.47 bits per heavy atom. The van der Waals surface area contributed by atoms with Crippen LogP contribution in [0.3, 0.4) is 0 Å². The molecule has 5 heteroatoms. The summed E-state index contributed by atoms with van der Waals surface area (Å²) in [7, 11) is 0. The lowest BCUT2D eigenvalue weighted by Crippen LogP contribution is -2.34. The lowest BCUT2D eigenvalue weighted by molar-refractivity contribution is -0.162. The normalized spacial score (nSPS) is 27.1. The van der Waals surface area contributed by atoms with Crippen LogP contribution >= 0.6 is 0 Å². The molecule has 1 N–H and O–H groups in total. The number of hydrogen-bond acceptors (Lipinski definition) is 3. The Morgan fingerprint density at radius 1 is 1.40 bits per heavy atom. The minimum atomic E-state index is -2.47. The van der Waals surface area contributed by atoms with Crippen molar-refractivity contribution < 1.29 is 18.3 Å². The zero-order valence-corrected chi connectivity index (χ0v) is 9.22. The summed E-state index contributed by atoms with van der Waals surface area (Å²) in [5, 5.41) is 2.79. The summed E-state index contributed by atoms with van der Waals surface area (Å²) < 4.78 is 30.2. The lowest BCUT2D eigenvalue weighted by Gasteiger charge is -2.24. The monoisotopic (exact) mass is 221 g/mol. The predicted octanol–water partition coefficient (Wildman–Crippen LogP) is 1.43. The second-order valence-corrected chi connectivity index (χ2v) is 4.80. The van der Waals surface area contributed by atoms with E-state index in [-0.39, 0.29) is 13.1 Å². The first-order valence-corrected chi connectivity index (χ1v) is 5.03. The Labute approximate surface area is 88.2 Å². The summed E-state index contributed by atoms with van der Waals surface area (Å²) in [6.45, 7) is 5.64. The standard InChI is InChI=1S/C10H17F2NO2/c1-10(2,3)15-9(14)7-5-13-4-6(7)8(11)12/h6-8,13H,4-5H2,1-3H3/t6-,7+/m1/s1. The van der Waals surface area contributed by atoms with Gasteiger partial charge in [-0.2, -0.15) is 0 Å². The summed E-state index contributed by atoms with van der Waals surface area (Å²) in [5.74, 6) is -2.16. The average molecular weight is 221 g/mol. The highest BCUT2D eigenvalue weighted by atomic mass is 19.3. The number of esters is 1. The van der Waals surface area contributed by atoms with Crippen LogP contribution in [-0.4, -0.2) is 31.1 Å². The third-order valence-electron chi connectivity index (χ3n) is 2.29. The molecular formula is C10H17F2NO2. The first kappa shape index (κ1) is 12.4. The number of nitrogens with one attached hydrogen (secondary N) is 1. The quantitative estimate of drug-likeness (QED) is 0.717. The number of carbonyl (C=O) groups is 1. The van der Waals surface area contributed by atoms with E-state index in [0.29, 0.717) is 0 Å². The Kier molecular flexibility index (Phi) is 3.65. The van der Waals surface area contributed by atoms with E-state index < -0.39 is 29.8 Å². The maximum Gasteiger partial charge on any atom is 0.311 e. The fourth-order valence-electron chi connectivity index (χ4n) is 1.60. The predicted molar refractivity (Wildman–Crippen MR) is 51.7 cm³/mol. The molecule has 1 heterocycles. The number of ether oxygens (including phenoxy) is 1. The summed E-state index contributed by atoms with van der Waals surface area (Å²) in [4.78, 5) is 11.6. The molecule has 0 aliphatic carbocycles. The molecule has 0 amide bonds.